The third-order valence-electron chi connectivity index (χ3n) is 3.87. The molecule has 0 atom stereocenters. The van der Waals surface area contributed by atoms with Gasteiger partial charge in [-0.15, -0.1) is 0 Å². The summed E-state index contributed by atoms with van der Waals surface area (Å²) in [5, 5.41) is 11.2. The van der Waals surface area contributed by atoms with Crippen molar-refractivity contribution in [3.05, 3.63) is 84.2 Å². The first-order valence-electron chi connectivity index (χ1n) is 8.48. The molecule has 2 amide bonds. The van der Waals surface area contributed by atoms with E-state index >= 15 is 0 Å². The summed E-state index contributed by atoms with van der Waals surface area (Å²) in [4.78, 5) is 12.1. The molecule has 0 bridgehead atoms. The van der Waals surface area contributed by atoms with Crippen molar-refractivity contribution in [1.29, 1.82) is 0 Å². The van der Waals surface area contributed by atoms with E-state index in [0.717, 1.165) is 15.3 Å². The van der Waals surface area contributed by atoms with E-state index in [2.05, 4.69) is 10.6 Å². The van der Waals surface area contributed by atoms with Crippen LogP contribution in [0.5, 0.6) is 0 Å². The topological polar surface area (TPSA) is 101 Å². The summed E-state index contributed by atoms with van der Waals surface area (Å²) in [6.07, 6.45) is 0. The monoisotopic (exact) mass is 479 g/mol. The Morgan fingerprint density at radius 1 is 0.862 bits per heavy atom. The van der Waals surface area contributed by atoms with Crippen molar-refractivity contribution in [2.24, 2.45) is 5.14 Å². The van der Waals surface area contributed by atoms with Crippen LogP contribution in [0.2, 0.25) is 0 Å². The van der Waals surface area contributed by atoms with Gasteiger partial charge in [-0.25, -0.2) is 0 Å². The first kappa shape index (κ1) is 21.0. The van der Waals surface area contributed by atoms with Crippen LogP contribution in [0.1, 0.15) is 5.56 Å². The fourth-order valence-corrected chi connectivity index (χ4v) is 4.71. The molecule has 9 heteroatoms. The summed E-state index contributed by atoms with van der Waals surface area (Å²) in [6.45, 7) is 0. The van der Waals surface area contributed by atoms with Crippen LogP contribution in [0.25, 0.3) is 0 Å². The molecule has 0 saturated carbocycles. The van der Waals surface area contributed by atoms with Crippen molar-refractivity contribution in [3.8, 4) is 0 Å². The summed E-state index contributed by atoms with van der Waals surface area (Å²) >= 11 is 0.151. The van der Waals surface area contributed by atoms with Crippen molar-refractivity contribution in [2.45, 2.75) is 10.2 Å². The summed E-state index contributed by atoms with van der Waals surface area (Å²) in [5.41, 5.74) is 2.16. The number of sulfonamides is 1. The van der Waals surface area contributed by atoms with Gasteiger partial charge in [-0.05, 0) is 0 Å². The second-order valence-corrected chi connectivity index (χ2v) is 9.85. The van der Waals surface area contributed by atoms with Crippen LogP contribution in [-0.2, 0) is 15.3 Å². The number of halogens is 1. The molecular formula is C20H18FN3O3SSe. The Labute approximate surface area is 174 Å². The molecular weight excluding hydrogens is 460 g/mol. The normalized spacial score (nSPS) is 11.1. The number of benzene rings is 3. The van der Waals surface area contributed by atoms with Crippen LogP contribution >= 0.6 is 0 Å². The molecule has 0 radical (unpaired) electrons. The molecule has 6 nitrogen and oxygen atoms in total. The van der Waals surface area contributed by atoms with Gasteiger partial charge in [0.15, 0.2) is 0 Å². The van der Waals surface area contributed by atoms with Gasteiger partial charge in [-0.2, -0.15) is 0 Å². The summed E-state index contributed by atoms with van der Waals surface area (Å²) in [7, 11) is -3.67. The molecule has 0 fully saturated rings. The quantitative estimate of drug-likeness (QED) is 0.475. The Bertz CT molecular complexity index is 1090. The fraction of sp³-hybridized carbons (Fsp3) is 0.0500. The van der Waals surface area contributed by atoms with Crippen LogP contribution in [0.15, 0.2) is 77.7 Å². The van der Waals surface area contributed by atoms with Gasteiger partial charge in [-0.3, -0.25) is 0 Å². The third kappa shape index (κ3) is 6.40. The van der Waals surface area contributed by atoms with Crippen LogP contribution in [0, 0.1) is 5.82 Å². The zero-order valence-electron chi connectivity index (χ0n) is 15.1. The van der Waals surface area contributed by atoms with E-state index in [1.54, 1.807) is 12.1 Å². The predicted molar refractivity (Wildman–Crippen MR) is 112 cm³/mol. The predicted octanol–water partition coefficient (Wildman–Crippen LogP) is 2.65. The van der Waals surface area contributed by atoms with Crippen molar-refractivity contribution in [2.75, 3.05) is 10.6 Å². The van der Waals surface area contributed by atoms with Crippen molar-refractivity contribution < 1.29 is 17.6 Å². The Morgan fingerprint density at radius 3 is 1.90 bits per heavy atom. The molecule has 3 aromatic carbocycles. The molecule has 0 aliphatic rings. The van der Waals surface area contributed by atoms with Gasteiger partial charge in [0.25, 0.3) is 0 Å². The molecule has 0 aliphatic carbocycles. The van der Waals surface area contributed by atoms with Gasteiger partial charge in [0, 0.05) is 0 Å². The fourth-order valence-electron chi connectivity index (χ4n) is 2.40. The average Bonchev–Trinajstić information content (AvgIpc) is 2.69. The van der Waals surface area contributed by atoms with E-state index in [1.807, 2.05) is 24.3 Å². The molecule has 150 valence electrons. The van der Waals surface area contributed by atoms with E-state index in [0.29, 0.717) is 11.4 Å². The Morgan fingerprint density at radius 2 is 1.38 bits per heavy atom. The number of hydrogen-bond acceptors (Lipinski definition) is 3. The second-order valence-electron chi connectivity index (χ2n) is 6.09. The Kier molecular flexibility index (Phi) is 6.66. The standard InChI is InChI=1S/C20H18FN3O3SSe/c21-15-3-5-16(6-4-15)23-20(25)24-17-7-11-19(12-8-17)29-13-14-1-9-18(10-2-14)28(22,26)27/h1-12H,13H2,(H2,22,26,27)(H2,23,24,25). The van der Waals surface area contributed by atoms with Gasteiger partial charge in [0.05, 0.1) is 0 Å². The minimum atomic E-state index is -3.67. The van der Waals surface area contributed by atoms with E-state index < -0.39 is 16.1 Å². The second kappa shape index (κ2) is 9.19. The molecule has 0 saturated heterocycles. The third-order valence-corrected chi connectivity index (χ3v) is 7.07. The van der Waals surface area contributed by atoms with Crippen molar-refractivity contribution >= 4 is 46.8 Å². The zero-order chi connectivity index (χ0) is 20.9. The van der Waals surface area contributed by atoms with Crippen LogP contribution in [-0.4, -0.2) is 29.4 Å². The average molecular weight is 478 g/mol. The first-order valence-corrected chi connectivity index (χ1v) is 12.1. The van der Waals surface area contributed by atoms with E-state index in [4.69, 9.17) is 5.14 Å². The SMILES string of the molecule is NS(=O)(=O)c1ccc(C[Se]c2ccc(NC(=O)Nc3ccc(F)cc3)cc2)cc1. The number of carbonyl (C=O) groups is 1. The number of nitrogens with two attached hydrogens (primary N) is 1. The molecule has 3 rings (SSSR count). The molecule has 29 heavy (non-hydrogen) atoms. The Balaban J connectivity index is 1.52. The van der Waals surface area contributed by atoms with Gasteiger partial charge < -0.3 is 0 Å². The number of nitrogens with one attached hydrogen (secondary N) is 2. The first-order chi connectivity index (χ1) is 13.8. The number of carbonyl (C=O) groups excluding carboxylic acids is 1. The van der Waals surface area contributed by atoms with Gasteiger partial charge in [0.1, 0.15) is 0 Å². The summed E-state index contributed by atoms with van der Waals surface area (Å²) in [5.74, 6) is -0.367. The van der Waals surface area contributed by atoms with Gasteiger partial charge in [0.2, 0.25) is 0 Å². The van der Waals surface area contributed by atoms with Gasteiger partial charge in [-0.1, -0.05) is 0 Å². The van der Waals surface area contributed by atoms with Crippen LogP contribution < -0.4 is 20.2 Å². The number of urea groups is 1. The molecule has 0 unspecified atom stereocenters. The number of hydrogen-bond donors (Lipinski definition) is 3. The van der Waals surface area contributed by atoms with Gasteiger partial charge >= 0.3 is 175 Å². The molecule has 0 aliphatic heterocycles. The number of anilines is 2. The minimum absolute atomic E-state index is 0.100. The van der Waals surface area contributed by atoms with Crippen LogP contribution in [0.4, 0.5) is 20.6 Å². The van der Waals surface area contributed by atoms with Crippen molar-refractivity contribution in [1.82, 2.24) is 0 Å². The molecule has 0 aromatic heterocycles. The molecule has 3 aromatic rings. The van der Waals surface area contributed by atoms with Crippen molar-refractivity contribution in [3.63, 3.8) is 0 Å². The zero-order valence-corrected chi connectivity index (χ0v) is 17.7. The maximum atomic E-state index is 12.9. The van der Waals surface area contributed by atoms with E-state index in [9.17, 15) is 17.6 Å². The Hall–Kier alpha value is -2.71. The number of primary sulfonamides is 1. The molecule has 0 spiro atoms. The summed E-state index contributed by atoms with van der Waals surface area (Å²) in [6, 6.07) is 19.1. The maximum absolute atomic E-state index is 12.9. The summed E-state index contributed by atoms with van der Waals surface area (Å²) < 4.78 is 36.6. The number of rotatable bonds is 6. The van der Waals surface area contributed by atoms with E-state index in [1.165, 1.54) is 36.4 Å². The molecule has 0 heterocycles. The number of amides is 2. The van der Waals surface area contributed by atoms with E-state index in [-0.39, 0.29) is 25.7 Å². The van der Waals surface area contributed by atoms with Crippen LogP contribution in [0.3, 0.4) is 0 Å². The molecule has 4 N–H and O–H groups in total.